The summed E-state index contributed by atoms with van der Waals surface area (Å²) in [7, 11) is 1.58. The molecule has 3 N–H and O–H groups in total. The molecule has 0 aliphatic carbocycles. The molecule has 0 rings (SSSR count). The van der Waals surface area contributed by atoms with Crippen molar-refractivity contribution < 1.29 is 14.3 Å². The van der Waals surface area contributed by atoms with Gasteiger partial charge in [0.1, 0.15) is 0 Å². The number of methoxy groups -OCH3 is 1. The van der Waals surface area contributed by atoms with E-state index in [1.807, 2.05) is 13.8 Å². The van der Waals surface area contributed by atoms with E-state index in [0.29, 0.717) is 45.1 Å². The van der Waals surface area contributed by atoms with Gasteiger partial charge in [-0.1, -0.05) is 13.8 Å². The largest absolute Gasteiger partial charge is 0.383 e. The van der Waals surface area contributed by atoms with Gasteiger partial charge in [0.15, 0.2) is 0 Å². The summed E-state index contributed by atoms with van der Waals surface area (Å²) in [5, 5.41) is 8.55. The Kier molecular flexibility index (Phi) is 10.3. The molecule has 0 atom stereocenters. The van der Waals surface area contributed by atoms with Crippen LogP contribution in [-0.2, 0) is 14.3 Å². The lowest BCUT2D eigenvalue weighted by atomic mass is 10.3. The summed E-state index contributed by atoms with van der Waals surface area (Å²) in [4.78, 5) is 22.6. The zero-order valence-electron chi connectivity index (χ0n) is 11.5. The summed E-state index contributed by atoms with van der Waals surface area (Å²) in [5.74, 6) is -0.111. The molecule has 0 bridgehead atoms. The molecule has 2 amide bonds. The van der Waals surface area contributed by atoms with Gasteiger partial charge in [-0.15, -0.1) is 0 Å². The standard InChI is InChI=1S/C12H25N3O3/c1-10(2)13-6-4-11(16)14-7-5-12(17)15-8-9-18-3/h10,13H,4-9H2,1-3H3,(H,14,16)(H,15,17). The lowest BCUT2D eigenvalue weighted by Crippen LogP contribution is -2.34. The summed E-state index contributed by atoms with van der Waals surface area (Å²) in [6, 6.07) is 0.379. The smallest absolute Gasteiger partial charge is 0.221 e. The van der Waals surface area contributed by atoms with E-state index in [0.717, 1.165) is 0 Å². The molecule has 6 nitrogen and oxygen atoms in total. The van der Waals surface area contributed by atoms with Crippen molar-refractivity contribution >= 4 is 11.8 Å². The zero-order valence-corrected chi connectivity index (χ0v) is 11.5. The maximum absolute atomic E-state index is 11.4. The minimum absolute atomic E-state index is 0.0344. The summed E-state index contributed by atoms with van der Waals surface area (Å²) in [5.41, 5.74) is 0. The molecule has 0 aromatic heterocycles. The second kappa shape index (κ2) is 11.0. The van der Waals surface area contributed by atoms with Crippen LogP contribution in [0.2, 0.25) is 0 Å². The van der Waals surface area contributed by atoms with Crippen LogP contribution in [-0.4, -0.2) is 51.2 Å². The van der Waals surface area contributed by atoms with Crippen LogP contribution in [0.25, 0.3) is 0 Å². The molecule has 0 heterocycles. The second-order valence-corrected chi connectivity index (χ2v) is 4.30. The van der Waals surface area contributed by atoms with Crippen molar-refractivity contribution in [1.29, 1.82) is 0 Å². The molecule has 0 aliphatic heterocycles. The van der Waals surface area contributed by atoms with E-state index < -0.39 is 0 Å². The number of rotatable bonds is 10. The first-order chi connectivity index (χ1) is 8.56. The number of carbonyl (C=O) groups excluding carboxylic acids is 2. The quantitative estimate of drug-likeness (QED) is 0.468. The number of amides is 2. The van der Waals surface area contributed by atoms with Gasteiger partial charge in [-0.25, -0.2) is 0 Å². The van der Waals surface area contributed by atoms with Gasteiger partial charge in [0.05, 0.1) is 6.61 Å². The Bertz CT molecular complexity index is 245. The average molecular weight is 259 g/mol. The number of hydrogen-bond donors (Lipinski definition) is 3. The molecule has 0 radical (unpaired) electrons. The third-order valence-electron chi connectivity index (χ3n) is 2.21. The van der Waals surface area contributed by atoms with E-state index >= 15 is 0 Å². The number of nitrogens with one attached hydrogen (secondary N) is 3. The predicted octanol–water partition coefficient (Wildman–Crippen LogP) is -0.357. The Hall–Kier alpha value is -1.14. The molecular weight excluding hydrogens is 234 g/mol. The van der Waals surface area contributed by atoms with Crippen LogP contribution in [0.1, 0.15) is 26.7 Å². The van der Waals surface area contributed by atoms with Crippen molar-refractivity contribution in [3.63, 3.8) is 0 Å². The third-order valence-corrected chi connectivity index (χ3v) is 2.21. The Morgan fingerprint density at radius 2 is 1.56 bits per heavy atom. The SMILES string of the molecule is COCCNC(=O)CCNC(=O)CCNC(C)C. The van der Waals surface area contributed by atoms with Crippen LogP contribution >= 0.6 is 0 Å². The summed E-state index contributed by atoms with van der Waals surface area (Å²) < 4.78 is 4.81. The molecule has 0 unspecified atom stereocenters. The van der Waals surface area contributed by atoms with E-state index in [9.17, 15) is 9.59 Å². The minimum Gasteiger partial charge on any atom is -0.383 e. The maximum atomic E-state index is 11.4. The van der Waals surface area contributed by atoms with Crippen LogP contribution in [0, 0.1) is 0 Å². The molecule has 0 saturated carbocycles. The highest BCUT2D eigenvalue weighted by Gasteiger charge is 2.03. The van der Waals surface area contributed by atoms with E-state index in [1.54, 1.807) is 7.11 Å². The van der Waals surface area contributed by atoms with Crippen LogP contribution in [0.5, 0.6) is 0 Å². The van der Waals surface area contributed by atoms with Crippen molar-refractivity contribution in [2.45, 2.75) is 32.7 Å². The van der Waals surface area contributed by atoms with Gasteiger partial charge < -0.3 is 20.7 Å². The fourth-order valence-electron chi connectivity index (χ4n) is 1.26. The van der Waals surface area contributed by atoms with Gasteiger partial charge in [0, 0.05) is 45.6 Å². The highest BCUT2D eigenvalue weighted by atomic mass is 16.5. The zero-order chi connectivity index (χ0) is 13.8. The Morgan fingerprint density at radius 3 is 2.11 bits per heavy atom. The van der Waals surface area contributed by atoms with Crippen LogP contribution in [0.3, 0.4) is 0 Å². The summed E-state index contributed by atoms with van der Waals surface area (Å²) in [6.07, 6.45) is 0.733. The fourth-order valence-corrected chi connectivity index (χ4v) is 1.26. The molecule has 18 heavy (non-hydrogen) atoms. The topological polar surface area (TPSA) is 79.5 Å². The van der Waals surface area contributed by atoms with E-state index in [1.165, 1.54) is 0 Å². The summed E-state index contributed by atoms with van der Waals surface area (Å²) >= 11 is 0. The van der Waals surface area contributed by atoms with Crippen LogP contribution in [0.4, 0.5) is 0 Å². The average Bonchev–Trinajstić information content (AvgIpc) is 2.29. The first-order valence-electron chi connectivity index (χ1n) is 6.32. The Balaban J connectivity index is 3.41. The van der Waals surface area contributed by atoms with Crippen molar-refractivity contribution in [2.75, 3.05) is 33.4 Å². The maximum Gasteiger partial charge on any atom is 0.221 e. The third kappa shape index (κ3) is 11.3. The Labute approximate surface area is 109 Å². The highest BCUT2D eigenvalue weighted by Crippen LogP contribution is 1.83. The van der Waals surface area contributed by atoms with Crippen LogP contribution in [0.15, 0.2) is 0 Å². The lowest BCUT2D eigenvalue weighted by Gasteiger charge is -2.08. The van der Waals surface area contributed by atoms with Crippen molar-refractivity contribution in [3.05, 3.63) is 0 Å². The second-order valence-electron chi connectivity index (χ2n) is 4.30. The van der Waals surface area contributed by atoms with Crippen molar-refractivity contribution in [3.8, 4) is 0 Å². The molecule has 0 aromatic rings. The first kappa shape index (κ1) is 16.9. The summed E-state index contributed by atoms with van der Waals surface area (Å²) in [6.45, 7) is 6.09. The molecule has 0 saturated heterocycles. The normalized spacial score (nSPS) is 10.4. The predicted molar refractivity (Wildman–Crippen MR) is 70.3 cm³/mol. The molecule has 0 fully saturated rings. The Morgan fingerprint density at radius 1 is 1.00 bits per heavy atom. The number of ether oxygens (including phenoxy) is 1. The minimum atomic E-state index is -0.0762. The van der Waals surface area contributed by atoms with Crippen LogP contribution < -0.4 is 16.0 Å². The number of carbonyl (C=O) groups is 2. The highest BCUT2D eigenvalue weighted by molar-refractivity contribution is 5.78. The van der Waals surface area contributed by atoms with Crippen molar-refractivity contribution in [1.82, 2.24) is 16.0 Å². The first-order valence-corrected chi connectivity index (χ1v) is 6.32. The molecular formula is C12H25N3O3. The fraction of sp³-hybridized carbons (Fsp3) is 0.833. The molecule has 0 spiro atoms. The van der Waals surface area contributed by atoms with Gasteiger partial charge in [-0.2, -0.15) is 0 Å². The lowest BCUT2D eigenvalue weighted by molar-refractivity contribution is -0.122. The number of hydrogen-bond acceptors (Lipinski definition) is 4. The molecule has 0 aliphatic rings. The van der Waals surface area contributed by atoms with Gasteiger partial charge in [-0.3, -0.25) is 9.59 Å². The van der Waals surface area contributed by atoms with E-state index in [4.69, 9.17) is 4.74 Å². The van der Waals surface area contributed by atoms with Gasteiger partial charge in [0.2, 0.25) is 11.8 Å². The monoisotopic (exact) mass is 259 g/mol. The molecule has 106 valence electrons. The molecule has 0 aromatic carbocycles. The van der Waals surface area contributed by atoms with Gasteiger partial charge in [0.25, 0.3) is 0 Å². The van der Waals surface area contributed by atoms with E-state index in [-0.39, 0.29) is 11.8 Å². The van der Waals surface area contributed by atoms with E-state index in [2.05, 4.69) is 16.0 Å². The van der Waals surface area contributed by atoms with Gasteiger partial charge in [-0.05, 0) is 0 Å². The van der Waals surface area contributed by atoms with Gasteiger partial charge >= 0.3 is 0 Å². The molecule has 6 heteroatoms. The van der Waals surface area contributed by atoms with Crippen molar-refractivity contribution in [2.24, 2.45) is 0 Å².